The molecule has 1 aliphatic heterocycles. The standard InChI is InChI=1S/C12H13N3O2/c13-6-9-3-4-11(14-7-9)12(17)15-5-1-2-10(15)8-16/h3-4,7,10,16H,1-2,5,8H2. The molecule has 0 spiro atoms. The Bertz CT molecular complexity index is 450. The van der Waals surface area contributed by atoms with Gasteiger partial charge < -0.3 is 10.0 Å². The van der Waals surface area contributed by atoms with E-state index >= 15 is 0 Å². The summed E-state index contributed by atoms with van der Waals surface area (Å²) in [5.41, 5.74) is 0.756. The second kappa shape index (κ2) is 4.93. The molecule has 1 atom stereocenters. The Labute approximate surface area is 99.3 Å². The van der Waals surface area contributed by atoms with Crippen LogP contribution in [0.4, 0.5) is 0 Å². The number of hydrogen-bond acceptors (Lipinski definition) is 4. The van der Waals surface area contributed by atoms with E-state index < -0.39 is 0 Å². The molecule has 1 unspecified atom stereocenters. The van der Waals surface area contributed by atoms with Crippen LogP contribution in [-0.4, -0.2) is 40.1 Å². The van der Waals surface area contributed by atoms with Crippen LogP contribution in [0.2, 0.25) is 0 Å². The SMILES string of the molecule is N#Cc1ccc(C(=O)N2CCCC2CO)nc1. The molecule has 5 heteroatoms. The topological polar surface area (TPSA) is 77.2 Å². The highest BCUT2D eigenvalue weighted by molar-refractivity contribution is 5.92. The molecule has 17 heavy (non-hydrogen) atoms. The summed E-state index contributed by atoms with van der Waals surface area (Å²) in [5, 5.41) is 17.8. The van der Waals surface area contributed by atoms with Crippen molar-refractivity contribution in [2.45, 2.75) is 18.9 Å². The highest BCUT2D eigenvalue weighted by Crippen LogP contribution is 2.18. The molecule has 0 bridgehead atoms. The Morgan fingerprint density at radius 2 is 2.47 bits per heavy atom. The van der Waals surface area contributed by atoms with Crippen molar-refractivity contribution in [1.29, 1.82) is 5.26 Å². The first-order valence-electron chi connectivity index (χ1n) is 5.54. The van der Waals surface area contributed by atoms with Crippen molar-refractivity contribution in [2.24, 2.45) is 0 Å². The number of nitriles is 1. The van der Waals surface area contributed by atoms with E-state index in [-0.39, 0.29) is 18.6 Å². The van der Waals surface area contributed by atoms with Gasteiger partial charge in [-0.15, -0.1) is 0 Å². The molecule has 88 valence electrons. The summed E-state index contributed by atoms with van der Waals surface area (Å²) < 4.78 is 0. The molecule has 1 N–H and O–H groups in total. The second-order valence-electron chi connectivity index (χ2n) is 4.02. The summed E-state index contributed by atoms with van der Waals surface area (Å²) in [6.45, 7) is 0.647. The van der Waals surface area contributed by atoms with Gasteiger partial charge in [0.2, 0.25) is 0 Å². The average molecular weight is 231 g/mol. The van der Waals surface area contributed by atoms with Gasteiger partial charge >= 0.3 is 0 Å². The summed E-state index contributed by atoms with van der Waals surface area (Å²) in [7, 11) is 0. The fraction of sp³-hybridized carbons (Fsp3) is 0.417. The number of carbonyl (C=O) groups is 1. The van der Waals surface area contributed by atoms with Crippen LogP contribution in [-0.2, 0) is 0 Å². The van der Waals surface area contributed by atoms with Crippen LogP contribution in [0.25, 0.3) is 0 Å². The summed E-state index contributed by atoms with van der Waals surface area (Å²) in [5.74, 6) is -0.175. The molecular formula is C12H13N3O2. The van der Waals surface area contributed by atoms with Crippen molar-refractivity contribution in [3.05, 3.63) is 29.6 Å². The molecule has 1 aromatic rings. The molecule has 1 saturated heterocycles. The van der Waals surface area contributed by atoms with Gasteiger partial charge in [0.25, 0.3) is 5.91 Å². The molecule has 5 nitrogen and oxygen atoms in total. The van der Waals surface area contributed by atoms with E-state index in [1.165, 1.54) is 6.20 Å². The molecule has 0 aliphatic carbocycles. The minimum atomic E-state index is -0.175. The zero-order valence-corrected chi connectivity index (χ0v) is 9.33. The lowest BCUT2D eigenvalue weighted by molar-refractivity contribution is 0.0672. The van der Waals surface area contributed by atoms with Gasteiger partial charge in [-0.05, 0) is 25.0 Å². The Morgan fingerprint density at radius 3 is 3.06 bits per heavy atom. The van der Waals surface area contributed by atoms with Gasteiger partial charge in [0, 0.05) is 12.7 Å². The van der Waals surface area contributed by atoms with Gasteiger partial charge in [0.1, 0.15) is 11.8 Å². The Hall–Kier alpha value is -1.93. The quantitative estimate of drug-likeness (QED) is 0.806. The number of rotatable bonds is 2. The van der Waals surface area contributed by atoms with Crippen LogP contribution in [0.3, 0.4) is 0 Å². The van der Waals surface area contributed by atoms with E-state index in [9.17, 15) is 4.79 Å². The molecule has 0 saturated carbocycles. The number of aliphatic hydroxyl groups excluding tert-OH is 1. The average Bonchev–Trinajstić information content (AvgIpc) is 2.86. The zero-order chi connectivity index (χ0) is 12.3. The Kier molecular flexibility index (Phi) is 3.35. The molecule has 2 rings (SSSR count). The molecule has 1 aromatic heterocycles. The molecule has 0 radical (unpaired) electrons. The van der Waals surface area contributed by atoms with Gasteiger partial charge in [-0.25, -0.2) is 4.98 Å². The van der Waals surface area contributed by atoms with Crippen molar-refractivity contribution < 1.29 is 9.90 Å². The third kappa shape index (κ3) is 2.27. The zero-order valence-electron chi connectivity index (χ0n) is 9.33. The number of amides is 1. The van der Waals surface area contributed by atoms with E-state index in [1.807, 2.05) is 6.07 Å². The lowest BCUT2D eigenvalue weighted by atomic mass is 10.2. The Morgan fingerprint density at radius 1 is 1.65 bits per heavy atom. The number of aliphatic hydroxyl groups is 1. The maximum atomic E-state index is 12.1. The van der Waals surface area contributed by atoms with Gasteiger partial charge in [0.05, 0.1) is 18.2 Å². The maximum Gasteiger partial charge on any atom is 0.272 e. The van der Waals surface area contributed by atoms with Crippen molar-refractivity contribution in [1.82, 2.24) is 9.88 Å². The van der Waals surface area contributed by atoms with Crippen molar-refractivity contribution in [3.8, 4) is 6.07 Å². The van der Waals surface area contributed by atoms with Crippen molar-refractivity contribution >= 4 is 5.91 Å². The third-order valence-corrected chi connectivity index (χ3v) is 2.96. The fourth-order valence-electron chi connectivity index (χ4n) is 2.03. The van der Waals surface area contributed by atoms with E-state index in [4.69, 9.17) is 10.4 Å². The number of likely N-dealkylation sites (tertiary alicyclic amines) is 1. The smallest absolute Gasteiger partial charge is 0.272 e. The predicted molar refractivity (Wildman–Crippen MR) is 60.1 cm³/mol. The Balaban J connectivity index is 2.16. The van der Waals surface area contributed by atoms with Crippen LogP contribution >= 0.6 is 0 Å². The van der Waals surface area contributed by atoms with Crippen molar-refractivity contribution in [3.63, 3.8) is 0 Å². The van der Waals surface area contributed by atoms with Crippen LogP contribution in [0, 0.1) is 11.3 Å². The predicted octanol–water partition coefficient (Wildman–Crippen LogP) is 0.550. The minimum Gasteiger partial charge on any atom is -0.394 e. The lowest BCUT2D eigenvalue weighted by Crippen LogP contribution is -2.38. The number of aromatic nitrogens is 1. The molecule has 2 heterocycles. The monoisotopic (exact) mass is 231 g/mol. The molecule has 0 aromatic carbocycles. The van der Waals surface area contributed by atoms with E-state index in [0.717, 1.165) is 12.8 Å². The molecule has 1 amide bonds. The normalized spacial score (nSPS) is 19.1. The van der Waals surface area contributed by atoms with Gasteiger partial charge in [-0.3, -0.25) is 4.79 Å². The lowest BCUT2D eigenvalue weighted by Gasteiger charge is -2.22. The minimum absolute atomic E-state index is 0.0119. The molecule has 1 fully saturated rings. The number of hydrogen-bond donors (Lipinski definition) is 1. The summed E-state index contributed by atoms with van der Waals surface area (Å²) in [6.07, 6.45) is 3.13. The van der Waals surface area contributed by atoms with E-state index in [0.29, 0.717) is 17.8 Å². The highest BCUT2D eigenvalue weighted by atomic mass is 16.3. The number of pyridine rings is 1. The largest absolute Gasteiger partial charge is 0.394 e. The highest BCUT2D eigenvalue weighted by Gasteiger charge is 2.29. The first-order valence-corrected chi connectivity index (χ1v) is 5.54. The van der Waals surface area contributed by atoms with Crippen molar-refractivity contribution in [2.75, 3.05) is 13.2 Å². The molecular weight excluding hydrogens is 218 g/mol. The first-order chi connectivity index (χ1) is 8.26. The van der Waals surface area contributed by atoms with Crippen LogP contribution in [0.15, 0.2) is 18.3 Å². The van der Waals surface area contributed by atoms with E-state index in [1.54, 1.807) is 17.0 Å². The third-order valence-electron chi connectivity index (χ3n) is 2.96. The van der Waals surface area contributed by atoms with Gasteiger partial charge in [0.15, 0.2) is 0 Å². The van der Waals surface area contributed by atoms with Crippen LogP contribution in [0.1, 0.15) is 28.9 Å². The van der Waals surface area contributed by atoms with E-state index in [2.05, 4.69) is 4.98 Å². The summed E-state index contributed by atoms with van der Waals surface area (Å²) >= 11 is 0. The molecule has 1 aliphatic rings. The van der Waals surface area contributed by atoms with Gasteiger partial charge in [-0.2, -0.15) is 5.26 Å². The maximum absolute atomic E-state index is 12.1. The number of nitrogens with zero attached hydrogens (tertiary/aromatic N) is 3. The van der Waals surface area contributed by atoms with Crippen LogP contribution < -0.4 is 0 Å². The first kappa shape index (κ1) is 11.6. The number of carbonyl (C=O) groups excluding carboxylic acids is 1. The summed E-state index contributed by atoms with van der Waals surface area (Å²) in [4.78, 5) is 17.7. The summed E-state index contributed by atoms with van der Waals surface area (Å²) in [6, 6.07) is 4.98. The van der Waals surface area contributed by atoms with Gasteiger partial charge in [-0.1, -0.05) is 0 Å². The second-order valence-corrected chi connectivity index (χ2v) is 4.02. The fourth-order valence-corrected chi connectivity index (χ4v) is 2.03. The van der Waals surface area contributed by atoms with Crippen LogP contribution in [0.5, 0.6) is 0 Å².